The number of aliphatic hydroxyl groups excluding tert-OH is 1. The summed E-state index contributed by atoms with van der Waals surface area (Å²) >= 11 is 0. The van der Waals surface area contributed by atoms with E-state index in [2.05, 4.69) is 0 Å². The highest BCUT2D eigenvalue weighted by molar-refractivity contribution is 5.94. The largest absolute Gasteiger partial charge is 0.392 e. The van der Waals surface area contributed by atoms with Gasteiger partial charge in [-0.3, -0.25) is 4.79 Å². The molecule has 18 heavy (non-hydrogen) atoms. The van der Waals surface area contributed by atoms with E-state index in [4.69, 9.17) is 0 Å². The first-order valence-corrected chi connectivity index (χ1v) is 6.08. The maximum atomic E-state index is 13.4. The molecule has 1 atom stereocenters. The number of nitrogens with zero attached hydrogens (tertiary/aromatic N) is 1. The third-order valence-corrected chi connectivity index (χ3v) is 2.76. The summed E-state index contributed by atoms with van der Waals surface area (Å²) < 4.78 is 13.4. The van der Waals surface area contributed by atoms with Crippen LogP contribution < -0.4 is 0 Å². The number of benzene rings is 1. The second-order valence-corrected chi connectivity index (χ2v) is 4.86. The second-order valence-electron chi connectivity index (χ2n) is 4.86. The fourth-order valence-corrected chi connectivity index (χ4v) is 1.70. The molecule has 1 aromatic rings. The molecule has 0 aromatic heterocycles. The molecular formula is C14H20FNO2. The van der Waals surface area contributed by atoms with E-state index >= 15 is 0 Å². The maximum absolute atomic E-state index is 13.4. The van der Waals surface area contributed by atoms with Crippen LogP contribution in [0.1, 0.15) is 36.7 Å². The topological polar surface area (TPSA) is 40.5 Å². The van der Waals surface area contributed by atoms with Crippen LogP contribution in [0.4, 0.5) is 4.39 Å². The molecule has 0 spiro atoms. The third kappa shape index (κ3) is 3.53. The lowest BCUT2D eigenvalue weighted by Gasteiger charge is -2.28. The molecule has 1 rings (SSSR count). The number of hydrogen-bond donors (Lipinski definition) is 1. The SMILES string of the molecule is Cc1ccc(C(=O)N(CC(C)O)C(C)C)cc1F. The van der Waals surface area contributed by atoms with Crippen molar-refractivity contribution >= 4 is 5.91 Å². The highest BCUT2D eigenvalue weighted by Crippen LogP contribution is 2.13. The molecule has 100 valence electrons. The molecule has 0 bridgehead atoms. The average molecular weight is 253 g/mol. The monoisotopic (exact) mass is 253 g/mol. The van der Waals surface area contributed by atoms with E-state index in [1.807, 2.05) is 13.8 Å². The van der Waals surface area contributed by atoms with Crippen LogP contribution in [0.5, 0.6) is 0 Å². The zero-order valence-electron chi connectivity index (χ0n) is 11.3. The number of amides is 1. The van der Waals surface area contributed by atoms with Crippen LogP contribution in [0, 0.1) is 12.7 Å². The Morgan fingerprint density at radius 1 is 1.39 bits per heavy atom. The normalized spacial score (nSPS) is 12.6. The van der Waals surface area contributed by atoms with Crippen LogP contribution in [0.3, 0.4) is 0 Å². The molecular weight excluding hydrogens is 233 g/mol. The van der Waals surface area contributed by atoms with E-state index in [0.29, 0.717) is 11.1 Å². The van der Waals surface area contributed by atoms with Crippen molar-refractivity contribution < 1.29 is 14.3 Å². The molecule has 0 saturated carbocycles. The van der Waals surface area contributed by atoms with E-state index < -0.39 is 6.10 Å². The molecule has 1 aromatic carbocycles. The van der Waals surface area contributed by atoms with Gasteiger partial charge >= 0.3 is 0 Å². The van der Waals surface area contributed by atoms with Gasteiger partial charge in [0.2, 0.25) is 0 Å². The van der Waals surface area contributed by atoms with Gasteiger partial charge in [0.15, 0.2) is 0 Å². The number of aliphatic hydroxyl groups is 1. The molecule has 0 heterocycles. The van der Waals surface area contributed by atoms with Crippen molar-refractivity contribution in [1.29, 1.82) is 0 Å². The minimum atomic E-state index is -0.605. The number of carbonyl (C=O) groups is 1. The molecule has 0 fully saturated rings. The Bertz CT molecular complexity index is 430. The van der Waals surface area contributed by atoms with Crippen LogP contribution in [-0.4, -0.2) is 34.6 Å². The Hall–Kier alpha value is -1.42. The Morgan fingerprint density at radius 2 is 2.00 bits per heavy atom. The smallest absolute Gasteiger partial charge is 0.254 e. The number of carbonyl (C=O) groups excluding carboxylic acids is 1. The minimum absolute atomic E-state index is 0.0449. The Balaban J connectivity index is 2.98. The zero-order chi connectivity index (χ0) is 13.9. The number of hydrogen-bond acceptors (Lipinski definition) is 2. The van der Waals surface area contributed by atoms with Crippen LogP contribution in [0.25, 0.3) is 0 Å². The minimum Gasteiger partial charge on any atom is -0.392 e. The van der Waals surface area contributed by atoms with Crippen molar-refractivity contribution in [3.8, 4) is 0 Å². The predicted octanol–water partition coefficient (Wildman–Crippen LogP) is 2.37. The maximum Gasteiger partial charge on any atom is 0.254 e. The average Bonchev–Trinajstić information content (AvgIpc) is 2.28. The fraction of sp³-hybridized carbons (Fsp3) is 0.500. The van der Waals surface area contributed by atoms with Crippen LogP contribution in [0.2, 0.25) is 0 Å². The summed E-state index contributed by atoms with van der Waals surface area (Å²) in [6.45, 7) is 7.25. The van der Waals surface area contributed by atoms with Crippen molar-refractivity contribution in [3.63, 3.8) is 0 Å². The van der Waals surface area contributed by atoms with Gasteiger partial charge in [-0.05, 0) is 45.4 Å². The first kappa shape index (κ1) is 14.6. The molecule has 0 aliphatic carbocycles. The number of halogens is 1. The summed E-state index contributed by atoms with van der Waals surface area (Å²) in [6, 6.07) is 4.40. The van der Waals surface area contributed by atoms with Crippen molar-refractivity contribution in [1.82, 2.24) is 4.90 Å². The molecule has 0 aliphatic heterocycles. The lowest BCUT2D eigenvalue weighted by Crippen LogP contribution is -2.41. The van der Waals surface area contributed by atoms with E-state index in [0.717, 1.165) is 0 Å². The summed E-state index contributed by atoms with van der Waals surface area (Å²) in [4.78, 5) is 13.8. The van der Waals surface area contributed by atoms with Gasteiger partial charge in [0, 0.05) is 18.2 Å². The molecule has 0 aliphatic rings. The number of rotatable bonds is 4. The number of aryl methyl sites for hydroxylation is 1. The quantitative estimate of drug-likeness (QED) is 0.895. The fourth-order valence-electron chi connectivity index (χ4n) is 1.70. The lowest BCUT2D eigenvalue weighted by atomic mass is 10.1. The molecule has 1 N–H and O–H groups in total. The van der Waals surface area contributed by atoms with Gasteiger partial charge in [-0.2, -0.15) is 0 Å². The first-order valence-electron chi connectivity index (χ1n) is 6.08. The Kier molecular flexibility index (Phi) is 4.84. The predicted molar refractivity (Wildman–Crippen MR) is 69.0 cm³/mol. The lowest BCUT2D eigenvalue weighted by molar-refractivity contribution is 0.0578. The van der Waals surface area contributed by atoms with Crippen LogP contribution >= 0.6 is 0 Å². The van der Waals surface area contributed by atoms with E-state index in [1.54, 1.807) is 26.0 Å². The summed E-state index contributed by atoms with van der Waals surface area (Å²) in [7, 11) is 0. The summed E-state index contributed by atoms with van der Waals surface area (Å²) in [5, 5.41) is 9.40. The third-order valence-electron chi connectivity index (χ3n) is 2.76. The molecule has 3 nitrogen and oxygen atoms in total. The molecule has 0 saturated heterocycles. The van der Waals surface area contributed by atoms with E-state index in [-0.39, 0.29) is 24.3 Å². The summed E-state index contributed by atoms with van der Waals surface area (Å²) in [5.41, 5.74) is 0.825. The summed E-state index contributed by atoms with van der Waals surface area (Å²) in [5.74, 6) is -0.647. The van der Waals surface area contributed by atoms with E-state index in [1.165, 1.54) is 11.0 Å². The van der Waals surface area contributed by atoms with Gasteiger partial charge in [-0.25, -0.2) is 4.39 Å². The van der Waals surface area contributed by atoms with Crippen molar-refractivity contribution in [2.24, 2.45) is 0 Å². The summed E-state index contributed by atoms with van der Waals surface area (Å²) in [6.07, 6.45) is -0.605. The zero-order valence-corrected chi connectivity index (χ0v) is 11.3. The van der Waals surface area contributed by atoms with Crippen molar-refractivity contribution in [2.75, 3.05) is 6.54 Å². The van der Waals surface area contributed by atoms with Crippen molar-refractivity contribution in [2.45, 2.75) is 39.8 Å². The van der Waals surface area contributed by atoms with Crippen LogP contribution in [0.15, 0.2) is 18.2 Å². The Labute approximate surface area is 107 Å². The van der Waals surface area contributed by atoms with E-state index in [9.17, 15) is 14.3 Å². The van der Waals surface area contributed by atoms with Gasteiger partial charge in [0.05, 0.1) is 6.10 Å². The van der Waals surface area contributed by atoms with Gasteiger partial charge in [0.1, 0.15) is 5.82 Å². The standard InChI is InChI=1S/C14H20FNO2/c1-9(2)16(8-11(4)17)14(18)12-6-5-10(3)13(15)7-12/h5-7,9,11,17H,8H2,1-4H3. The highest BCUT2D eigenvalue weighted by atomic mass is 19.1. The van der Waals surface area contributed by atoms with Crippen LogP contribution in [-0.2, 0) is 0 Å². The van der Waals surface area contributed by atoms with Gasteiger partial charge in [0.25, 0.3) is 5.91 Å². The van der Waals surface area contributed by atoms with Gasteiger partial charge in [-0.1, -0.05) is 6.07 Å². The van der Waals surface area contributed by atoms with Gasteiger partial charge < -0.3 is 10.0 Å². The first-order chi connectivity index (χ1) is 8.32. The Morgan fingerprint density at radius 3 is 2.44 bits per heavy atom. The van der Waals surface area contributed by atoms with Crippen molar-refractivity contribution in [3.05, 3.63) is 35.1 Å². The van der Waals surface area contributed by atoms with Gasteiger partial charge in [-0.15, -0.1) is 0 Å². The second kappa shape index (κ2) is 5.96. The molecule has 1 unspecified atom stereocenters. The highest BCUT2D eigenvalue weighted by Gasteiger charge is 2.20. The molecule has 1 amide bonds. The molecule has 0 radical (unpaired) electrons. The molecule has 4 heteroatoms.